The Bertz CT molecular complexity index is 606. The van der Waals surface area contributed by atoms with Gasteiger partial charge in [0.1, 0.15) is 5.82 Å². The fourth-order valence-corrected chi connectivity index (χ4v) is 2.13. The van der Waals surface area contributed by atoms with E-state index in [0.29, 0.717) is 14.3 Å². The van der Waals surface area contributed by atoms with Crippen molar-refractivity contribution >= 4 is 45.8 Å². The molecule has 1 aromatic carbocycles. The monoisotopic (exact) mass is 376 g/mol. The Hall–Kier alpha value is -1.21. The van der Waals surface area contributed by atoms with E-state index < -0.39 is 0 Å². The van der Waals surface area contributed by atoms with E-state index in [1.807, 2.05) is 22.6 Å². The predicted octanol–water partition coefficient (Wildman–Crippen LogP) is 3.73. The first-order chi connectivity index (χ1) is 8.58. The number of aromatic nitrogens is 1. The molecular weight excluding hydrogens is 370 g/mol. The zero-order chi connectivity index (χ0) is 13.1. The largest absolute Gasteiger partial charge is 0.321 e. The van der Waals surface area contributed by atoms with E-state index in [1.165, 1.54) is 36.7 Å². The van der Waals surface area contributed by atoms with Crippen molar-refractivity contribution in [3.05, 3.63) is 56.6 Å². The van der Waals surface area contributed by atoms with E-state index in [4.69, 9.17) is 11.6 Å². The van der Waals surface area contributed by atoms with E-state index in [1.54, 1.807) is 0 Å². The van der Waals surface area contributed by atoms with Crippen LogP contribution in [0.2, 0.25) is 5.02 Å². The van der Waals surface area contributed by atoms with Crippen molar-refractivity contribution in [2.45, 2.75) is 0 Å². The van der Waals surface area contributed by atoms with Gasteiger partial charge in [-0.1, -0.05) is 11.6 Å². The van der Waals surface area contributed by atoms with E-state index >= 15 is 0 Å². The minimum absolute atomic E-state index is 0.277. The van der Waals surface area contributed by atoms with Gasteiger partial charge in [0, 0.05) is 16.0 Å². The van der Waals surface area contributed by atoms with E-state index in [-0.39, 0.29) is 17.3 Å². The number of anilines is 1. The summed E-state index contributed by atoms with van der Waals surface area (Å²) >= 11 is 7.83. The van der Waals surface area contributed by atoms with Gasteiger partial charge in [0.05, 0.1) is 16.3 Å². The second-order valence-electron chi connectivity index (χ2n) is 3.43. The van der Waals surface area contributed by atoms with Crippen molar-refractivity contribution in [3.63, 3.8) is 0 Å². The highest BCUT2D eigenvalue weighted by molar-refractivity contribution is 14.1. The number of hydrogen-bond acceptors (Lipinski definition) is 2. The van der Waals surface area contributed by atoms with Gasteiger partial charge in [-0.05, 0) is 46.9 Å². The quantitative estimate of drug-likeness (QED) is 0.812. The number of pyridine rings is 1. The molecule has 0 saturated heterocycles. The molecule has 1 aromatic heterocycles. The molecule has 1 amide bonds. The van der Waals surface area contributed by atoms with Gasteiger partial charge in [0.2, 0.25) is 0 Å². The summed E-state index contributed by atoms with van der Waals surface area (Å²) in [6.07, 6.45) is 2.88. The van der Waals surface area contributed by atoms with Gasteiger partial charge in [0.25, 0.3) is 5.91 Å². The topological polar surface area (TPSA) is 42.0 Å². The van der Waals surface area contributed by atoms with Crippen molar-refractivity contribution in [1.29, 1.82) is 0 Å². The van der Waals surface area contributed by atoms with Gasteiger partial charge in [-0.15, -0.1) is 0 Å². The Morgan fingerprint density at radius 2 is 2.17 bits per heavy atom. The molecule has 0 aliphatic rings. The first kappa shape index (κ1) is 13.2. The molecule has 0 unspecified atom stereocenters. The molecule has 1 heterocycles. The van der Waals surface area contributed by atoms with Crippen LogP contribution >= 0.6 is 34.2 Å². The van der Waals surface area contributed by atoms with Crippen LogP contribution < -0.4 is 5.32 Å². The summed E-state index contributed by atoms with van der Waals surface area (Å²) in [4.78, 5) is 15.8. The van der Waals surface area contributed by atoms with Crippen LogP contribution in [0, 0.1) is 9.39 Å². The van der Waals surface area contributed by atoms with Gasteiger partial charge in [0.15, 0.2) is 0 Å². The Labute approximate surface area is 122 Å². The van der Waals surface area contributed by atoms with Crippen LogP contribution in [0.3, 0.4) is 0 Å². The van der Waals surface area contributed by atoms with Crippen LogP contribution in [0.5, 0.6) is 0 Å². The summed E-state index contributed by atoms with van der Waals surface area (Å²) in [6.45, 7) is 0. The number of amides is 1. The number of carbonyl (C=O) groups is 1. The third-order valence-electron chi connectivity index (χ3n) is 2.19. The van der Waals surface area contributed by atoms with Gasteiger partial charge in [-0.3, -0.25) is 9.78 Å². The summed E-state index contributed by atoms with van der Waals surface area (Å²) in [5, 5.41) is 2.98. The van der Waals surface area contributed by atoms with Crippen molar-refractivity contribution in [3.8, 4) is 0 Å². The van der Waals surface area contributed by atoms with Crippen molar-refractivity contribution in [2.24, 2.45) is 0 Å². The molecule has 0 bridgehead atoms. The number of carbonyl (C=O) groups excluding carboxylic acids is 1. The lowest BCUT2D eigenvalue weighted by molar-refractivity contribution is 0.102. The molecule has 2 rings (SSSR count). The van der Waals surface area contributed by atoms with Crippen LogP contribution in [0.4, 0.5) is 10.1 Å². The smallest absolute Gasteiger partial charge is 0.258 e. The molecular formula is C12H7ClFIN2O. The maximum atomic E-state index is 12.9. The molecule has 18 heavy (non-hydrogen) atoms. The fourth-order valence-electron chi connectivity index (χ4n) is 1.33. The van der Waals surface area contributed by atoms with Crippen LogP contribution in [0.25, 0.3) is 0 Å². The average molecular weight is 377 g/mol. The highest BCUT2D eigenvalue weighted by atomic mass is 127. The highest BCUT2D eigenvalue weighted by Gasteiger charge is 2.12. The molecule has 6 heteroatoms. The molecule has 0 fully saturated rings. The molecule has 0 spiro atoms. The van der Waals surface area contributed by atoms with Crippen LogP contribution in [0.15, 0.2) is 36.7 Å². The van der Waals surface area contributed by atoms with Gasteiger partial charge in [-0.25, -0.2) is 4.39 Å². The lowest BCUT2D eigenvalue weighted by Gasteiger charge is -2.08. The minimum atomic E-state index is -0.377. The third-order valence-corrected chi connectivity index (χ3v) is 3.41. The number of hydrogen-bond donors (Lipinski definition) is 1. The van der Waals surface area contributed by atoms with Crippen molar-refractivity contribution < 1.29 is 9.18 Å². The van der Waals surface area contributed by atoms with Gasteiger partial charge >= 0.3 is 0 Å². The van der Waals surface area contributed by atoms with Crippen LogP contribution in [0.1, 0.15) is 10.4 Å². The summed E-state index contributed by atoms with van der Waals surface area (Å²) in [6, 6.07) is 5.65. The second kappa shape index (κ2) is 5.62. The molecule has 92 valence electrons. The Morgan fingerprint density at radius 1 is 1.39 bits per heavy atom. The van der Waals surface area contributed by atoms with E-state index in [9.17, 15) is 9.18 Å². The first-order valence-electron chi connectivity index (χ1n) is 4.94. The maximum Gasteiger partial charge on any atom is 0.258 e. The number of nitrogens with zero attached hydrogens (tertiary/aromatic N) is 1. The van der Waals surface area contributed by atoms with E-state index in [2.05, 4.69) is 10.3 Å². The predicted molar refractivity (Wildman–Crippen MR) is 76.3 cm³/mol. The van der Waals surface area contributed by atoms with Gasteiger partial charge in [-0.2, -0.15) is 0 Å². The van der Waals surface area contributed by atoms with Gasteiger partial charge < -0.3 is 5.32 Å². The number of halogens is 3. The number of benzene rings is 1. The first-order valence-corrected chi connectivity index (χ1v) is 6.39. The van der Waals surface area contributed by atoms with Crippen LogP contribution in [-0.4, -0.2) is 10.9 Å². The van der Waals surface area contributed by atoms with Crippen LogP contribution in [-0.2, 0) is 0 Å². The zero-order valence-electron chi connectivity index (χ0n) is 8.95. The molecule has 1 N–H and O–H groups in total. The lowest BCUT2D eigenvalue weighted by Crippen LogP contribution is -2.13. The fraction of sp³-hybridized carbons (Fsp3) is 0. The third kappa shape index (κ3) is 2.97. The molecule has 0 radical (unpaired) electrons. The molecule has 0 aliphatic carbocycles. The molecule has 2 aromatic rings. The highest BCUT2D eigenvalue weighted by Crippen LogP contribution is 2.21. The summed E-state index contributed by atoms with van der Waals surface area (Å²) in [5.74, 6) is -0.727. The average Bonchev–Trinajstić information content (AvgIpc) is 2.33. The Kier molecular flexibility index (Phi) is 4.13. The lowest BCUT2D eigenvalue weighted by atomic mass is 10.2. The number of rotatable bonds is 2. The SMILES string of the molecule is O=C(Nc1ccc(F)cc1I)c1cnccc1Cl. The molecule has 0 atom stereocenters. The summed E-state index contributed by atoms with van der Waals surface area (Å²) in [7, 11) is 0. The van der Waals surface area contributed by atoms with Crippen molar-refractivity contribution in [1.82, 2.24) is 4.98 Å². The molecule has 0 saturated carbocycles. The minimum Gasteiger partial charge on any atom is -0.321 e. The second-order valence-corrected chi connectivity index (χ2v) is 5.00. The Morgan fingerprint density at radius 3 is 2.83 bits per heavy atom. The van der Waals surface area contributed by atoms with Crippen molar-refractivity contribution in [2.75, 3.05) is 5.32 Å². The molecule has 0 aliphatic heterocycles. The molecule has 3 nitrogen and oxygen atoms in total. The summed E-state index contributed by atoms with van der Waals surface area (Å²) in [5.41, 5.74) is 0.807. The zero-order valence-corrected chi connectivity index (χ0v) is 11.9. The Balaban J connectivity index is 2.24. The number of nitrogens with one attached hydrogen (secondary N) is 1. The maximum absolute atomic E-state index is 12.9. The summed E-state index contributed by atoms with van der Waals surface area (Å²) < 4.78 is 13.5. The van der Waals surface area contributed by atoms with E-state index in [0.717, 1.165) is 0 Å². The normalized spacial score (nSPS) is 10.2. The standard InChI is InChI=1S/C12H7ClFIN2O/c13-9-3-4-16-6-8(9)12(18)17-11-2-1-7(14)5-10(11)15/h1-6H,(H,17,18).